The minimum atomic E-state index is -0.665. The Balaban J connectivity index is 1.70. The highest BCUT2D eigenvalue weighted by Crippen LogP contribution is 2.41. The highest BCUT2D eigenvalue weighted by Gasteiger charge is 2.43. The minimum absolute atomic E-state index is 0.0261. The maximum atomic E-state index is 13.6. The highest BCUT2D eigenvalue weighted by atomic mass is 79.9. The van der Waals surface area contributed by atoms with Gasteiger partial charge in [-0.1, -0.05) is 46.3 Å². The number of halogens is 1. The first-order valence-electron chi connectivity index (χ1n) is 10.4. The third-order valence-corrected chi connectivity index (χ3v) is 6.10. The van der Waals surface area contributed by atoms with E-state index in [2.05, 4.69) is 15.9 Å². The smallest absolute Gasteiger partial charge is 0.338 e. The lowest BCUT2D eigenvalue weighted by molar-refractivity contribution is 0.0526. The van der Waals surface area contributed by atoms with Crippen LogP contribution in [0.3, 0.4) is 0 Å². The van der Waals surface area contributed by atoms with E-state index in [4.69, 9.17) is 9.15 Å². The van der Waals surface area contributed by atoms with Crippen LogP contribution in [-0.2, 0) is 4.74 Å². The lowest BCUT2D eigenvalue weighted by Crippen LogP contribution is -2.29. The third-order valence-electron chi connectivity index (χ3n) is 5.60. The summed E-state index contributed by atoms with van der Waals surface area (Å²) in [4.78, 5) is 40.7. The van der Waals surface area contributed by atoms with Gasteiger partial charge in [0.1, 0.15) is 5.58 Å². The van der Waals surface area contributed by atoms with Gasteiger partial charge in [0.2, 0.25) is 5.76 Å². The molecule has 0 saturated carbocycles. The highest BCUT2D eigenvalue weighted by molar-refractivity contribution is 9.10. The fraction of sp³-hybridized carbons (Fsp3) is 0.115. The van der Waals surface area contributed by atoms with E-state index >= 15 is 0 Å². The van der Waals surface area contributed by atoms with Gasteiger partial charge in [-0.25, -0.2) is 4.79 Å². The molecule has 4 aromatic rings. The van der Waals surface area contributed by atoms with Crippen LogP contribution in [0.1, 0.15) is 45.0 Å². The van der Waals surface area contributed by atoms with E-state index in [1.54, 1.807) is 49.4 Å². The topological polar surface area (TPSA) is 76.8 Å². The van der Waals surface area contributed by atoms with Crippen LogP contribution in [0.25, 0.3) is 11.0 Å². The van der Waals surface area contributed by atoms with Crippen molar-refractivity contribution >= 4 is 44.5 Å². The molecule has 5 rings (SSSR count). The minimum Gasteiger partial charge on any atom is -0.462 e. The molecule has 1 aliphatic rings. The summed E-state index contributed by atoms with van der Waals surface area (Å²) in [5, 5.41) is 0.399. The van der Waals surface area contributed by atoms with Gasteiger partial charge in [-0.05, 0) is 55.0 Å². The van der Waals surface area contributed by atoms with Crippen LogP contribution >= 0.6 is 15.9 Å². The summed E-state index contributed by atoms with van der Waals surface area (Å²) >= 11 is 3.40. The molecule has 0 bridgehead atoms. The number of carbonyl (C=O) groups excluding carboxylic acids is 2. The van der Waals surface area contributed by atoms with Crippen molar-refractivity contribution in [2.45, 2.75) is 13.0 Å². The Labute approximate surface area is 197 Å². The number of rotatable bonds is 4. The van der Waals surface area contributed by atoms with E-state index in [0.29, 0.717) is 27.8 Å². The fourth-order valence-corrected chi connectivity index (χ4v) is 4.50. The summed E-state index contributed by atoms with van der Waals surface area (Å²) in [6.07, 6.45) is 0. The number of hydrogen-bond acceptors (Lipinski definition) is 5. The Hall–Kier alpha value is -3.71. The summed E-state index contributed by atoms with van der Waals surface area (Å²) in [6.45, 7) is 2.01. The molecule has 0 fully saturated rings. The van der Waals surface area contributed by atoms with Crippen molar-refractivity contribution in [3.63, 3.8) is 0 Å². The van der Waals surface area contributed by atoms with Crippen molar-refractivity contribution in [3.8, 4) is 0 Å². The number of nitrogens with zero attached hydrogens (tertiary/aromatic N) is 1. The molecule has 2 heterocycles. The first-order valence-corrected chi connectivity index (χ1v) is 11.2. The summed E-state index contributed by atoms with van der Waals surface area (Å²) in [6, 6.07) is 20.4. The second kappa shape index (κ2) is 8.33. The van der Waals surface area contributed by atoms with Gasteiger partial charge in [-0.15, -0.1) is 0 Å². The van der Waals surface area contributed by atoms with Crippen molar-refractivity contribution in [2.24, 2.45) is 0 Å². The first kappa shape index (κ1) is 21.2. The monoisotopic (exact) mass is 503 g/mol. The Kier molecular flexibility index (Phi) is 5.34. The van der Waals surface area contributed by atoms with Crippen LogP contribution in [-0.4, -0.2) is 18.5 Å². The maximum absolute atomic E-state index is 13.6. The molecule has 0 saturated heterocycles. The van der Waals surface area contributed by atoms with Gasteiger partial charge in [0.05, 0.1) is 29.2 Å². The van der Waals surface area contributed by atoms with Crippen molar-refractivity contribution < 1.29 is 18.7 Å². The lowest BCUT2D eigenvalue weighted by atomic mass is 9.98. The lowest BCUT2D eigenvalue weighted by Gasteiger charge is -2.25. The zero-order chi connectivity index (χ0) is 23.1. The second-order valence-electron chi connectivity index (χ2n) is 7.57. The molecule has 164 valence electrons. The number of benzene rings is 3. The van der Waals surface area contributed by atoms with Crippen LogP contribution in [0, 0.1) is 0 Å². The van der Waals surface area contributed by atoms with Gasteiger partial charge in [-0.2, -0.15) is 0 Å². The largest absolute Gasteiger partial charge is 0.462 e. The van der Waals surface area contributed by atoms with Gasteiger partial charge in [0.25, 0.3) is 5.91 Å². The zero-order valence-corrected chi connectivity index (χ0v) is 19.2. The summed E-state index contributed by atoms with van der Waals surface area (Å²) in [5.41, 5.74) is 2.10. The van der Waals surface area contributed by atoms with E-state index in [1.807, 2.05) is 30.3 Å². The molecule has 0 N–H and O–H groups in total. The number of ether oxygens (including phenoxy) is 1. The first-order chi connectivity index (χ1) is 16.0. The van der Waals surface area contributed by atoms with Crippen LogP contribution < -0.4 is 10.3 Å². The molecule has 0 spiro atoms. The van der Waals surface area contributed by atoms with Crippen LogP contribution in [0.4, 0.5) is 5.69 Å². The molecule has 0 aliphatic carbocycles. The number of fused-ring (bicyclic) bond motifs is 2. The van der Waals surface area contributed by atoms with Crippen LogP contribution in [0.5, 0.6) is 0 Å². The van der Waals surface area contributed by atoms with Crippen molar-refractivity contribution in [1.29, 1.82) is 0 Å². The summed E-state index contributed by atoms with van der Waals surface area (Å²) in [7, 11) is 0. The Bertz CT molecular complexity index is 1440. The van der Waals surface area contributed by atoms with E-state index in [9.17, 15) is 14.4 Å². The summed E-state index contributed by atoms with van der Waals surface area (Å²) < 4.78 is 11.8. The molecule has 3 aromatic carbocycles. The van der Waals surface area contributed by atoms with E-state index in [0.717, 1.165) is 10.0 Å². The average Bonchev–Trinajstić information content (AvgIpc) is 3.13. The molecule has 6 nitrogen and oxygen atoms in total. The zero-order valence-electron chi connectivity index (χ0n) is 17.6. The van der Waals surface area contributed by atoms with E-state index in [-0.39, 0.29) is 17.8 Å². The molecular weight excluding hydrogens is 486 g/mol. The van der Waals surface area contributed by atoms with Gasteiger partial charge in [0, 0.05) is 10.2 Å². The van der Waals surface area contributed by atoms with Gasteiger partial charge in [-0.3, -0.25) is 14.5 Å². The van der Waals surface area contributed by atoms with E-state index in [1.165, 1.54) is 4.90 Å². The van der Waals surface area contributed by atoms with Crippen molar-refractivity contribution in [1.82, 2.24) is 0 Å². The van der Waals surface area contributed by atoms with Gasteiger partial charge >= 0.3 is 5.97 Å². The molecule has 1 amide bonds. The quantitative estimate of drug-likeness (QED) is 0.344. The molecule has 1 aliphatic heterocycles. The number of carbonyl (C=O) groups is 2. The summed E-state index contributed by atoms with van der Waals surface area (Å²) in [5.74, 6) is -0.823. The predicted molar refractivity (Wildman–Crippen MR) is 128 cm³/mol. The molecule has 1 aromatic heterocycles. The van der Waals surface area contributed by atoms with Crippen molar-refractivity contribution in [3.05, 3.63) is 110 Å². The Morgan fingerprint density at radius 1 is 1.03 bits per heavy atom. The van der Waals surface area contributed by atoms with Gasteiger partial charge in [0.15, 0.2) is 5.43 Å². The normalized spacial score (nSPS) is 15.0. The standard InChI is InChI=1S/C26H18BrNO5/c1-2-32-26(31)16-8-11-18(12-9-16)28-22(15-6-4-3-5-7-15)21-23(29)19-14-17(27)10-13-20(19)33-24(21)25(28)30/h3-14,22H,2H2,1H3. The maximum Gasteiger partial charge on any atom is 0.338 e. The molecule has 7 heteroatoms. The molecule has 1 atom stereocenters. The second-order valence-corrected chi connectivity index (χ2v) is 8.49. The van der Waals surface area contributed by atoms with Crippen molar-refractivity contribution in [2.75, 3.05) is 11.5 Å². The molecule has 33 heavy (non-hydrogen) atoms. The average molecular weight is 504 g/mol. The third kappa shape index (κ3) is 3.54. The number of amides is 1. The molecule has 0 radical (unpaired) electrons. The Morgan fingerprint density at radius 3 is 2.45 bits per heavy atom. The molecule has 1 unspecified atom stereocenters. The number of anilines is 1. The molecular formula is C26H18BrNO5. The number of esters is 1. The van der Waals surface area contributed by atoms with Gasteiger partial charge < -0.3 is 9.15 Å². The van der Waals surface area contributed by atoms with E-state index < -0.39 is 17.9 Å². The SMILES string of the molecule is CCOC(=O)c1ccc(N2C(=O)c3oc4ccc(Br)cc4c(=O)c3C2c2ccccc2)cc1. The predicted octanol–water partition coefficient (Wildman–Crippen LogP) is 5.48. The van der Waals surface area contributed by atoms with Crippen LogP contribution in [0.15, 0.2) is 86.5 Å². The van der Waals surface area contributed by atoms with Crippen LogP contribution in [0.2, 0.25) is 0 Å². The fourth-order valence-electron chi connectivity index (χ4n) is 4.13. The Morgan fingerprint density at radius 2 is 1.76 bits per heavy atom. The number of hydrogen-bond donors (Lipinski definition) is 0.